The first-order chi connectivity index (χ1) is 17.6. The summed E-state index contributed by atoms with van der Waals surface area (Å²) < 4.78 is 60.8. The Bertz CT molecular complexity index is 1500. The summed E-state index contributed by atoms with van der Waals surface area (Å²) >= 11 is 0. The average Bonchev–Trinajstić information content (AvgIpc) is 3.36. The molecule has 4 rings (SSSR count). The molecule has 9 nitrogen and oxygen atoms in total. The molecule has 0 aliphatic carbocycles. The number of methoxy groups -OCH3 is 1. The number of ether oxygens (including phenoxy) is 1. The number of carbonyl (C=O) groups is 1. The van der Waals surface area contributed by atoms with Crippen molar-refractivity contribution in [2.45, 2.75) is 17.0 Å². The lowest BCUT2D eigenvalue weighted by Crippen LogP contribution is -2.40. The second kappa shape index (κ2) is 10.4. The van der Waals surface area contributed by atoms with Crippen LogP contribution in [0.15, 0.2) is 84.3 Å². The van der Waals surface area contributed by atoms with E-state index >= 15 is 0 Å². The molecule has 4 aromatic rings. The van der Waals surface area contributed by atoms with Gasteiger partial charge in [-0.05, 0) is 54.6 Å². The van der Waals surface area contributed by atoms with E-state index in [1.807, 2.05) is 0 Å². The van der Waals surface area contributed by atoms with Crippen LogP contribution in [0.1, 0.15) is 15.9 Å². The van der Waals surface area contributed by atoms with Crippen LogP contribution >= 0.6 is 0 Å². The first kappa shape index (κ1) is 25.9. The van der Waals surface area contributed by atoms with Crippen molar-refractivity contribution in [3.8, 4) is 5.75 Å². The van der Waals surface area contributed by atoms with Gasteiger partial charge in [0.15, 0.2) is 9.84 Å². The predicted octanol–water partition coefficient (Wildman–Crippen LogP) is 3.18. The molecule has 1 unspecified atom stereocenters. The highest BCUT2D eigenvalue weighted by molar-refractivity contribution is 7.91. The molecule has 2 N–H and O–H groups in total. The van der Waals surface area contributed by atoms with Crippen LogP contribution in [-0.2, 0) is 22.0 Å². The standard InChI is InChI=1S/C25H22F2N4O5S/c1-36-20-7-2-17(3-8-20)24(32)30-19-5-9-21(10-6-19)37(34,35)14-25(33,13-31-16-28-15-29-31)22-11-4-18(26)12-23(22)27/h2-12,15-16,33H,13-14H2,1H3,(H,30,32). The van der Waals surface area contributed by atoms with E-state index in [1.54, 1.807) is 24.3 Å². The molecule has 12 heteroatoms. The Kier molecular flexibility index (Phi) is 7.32. The van der Waals surface area contributed by atoms with Crippen LogP contribution in [0, 0.1) is 11.6 Å². The van der Waals surface area contributed by atoms with Gasteiger partial charge in [0.25, 0.3) is 5.91 Å². The maximum atomic E-state index is 14.6. The normalized spacial score (nSPS) is 13.1. The highest BCUT2D eigenvalue weighted by atomic mass is 32.2. The van der Waals surface area contributed by atoms with E-state index in [1.165, 1.54) is 44.0 Å². The molecule has 0 saturated heterocycles. The number of aromatic nitrogens is 3. The number of sulfone groups is 1. The van der Waals surface area contributed by atoms with Gasteiger partial charge in [0, 0.05) is 22.9 Å². The third-order valence-electron chi connectivity index (χ3n) is 5.57. The maximum absolute atomic E-state index is 14.6. The Hall–Kier alpha value is -4.16. The van der Waals surface area contributed by atoms with E-state index < -0.39 is 50.8 Å². The summed E-state index contributed by atoms with van der Waals surface area (Å²) in [7, 11) is -2.69. The zero-order valence-electron chi connectivity index (χ0n) is 19.5. The summed E-state index contributed by atoms with van der Waals surface area (Å²) in [6.07, 6.45) is 2.41. The van der Waals surface area contributed by atoms with Crippen molar-refractivity contribution in [3.63, 3.8) is 0 Å². The van der Waals surface area contributed by atoms with Gasteiger partial charge < -0.3 is 15.2 Å². The minimum atomic E-state index is -4.20. The lowest BCUT2D eigenvalue weighted by atomic mass is 9.95. The number of rotatable bonds is 9. The van der Waals surface area contributed by atoms with Crippen molar-refractivity contribution in [2.75, 3.05) is 18.2 Å². The van der Waals surface area contributed by atoms with Crippen LogP contribution in [-0.4, -0.2) is 47.1 Å². The number of nitrogens with one attached hydrogen (secondary N) is 1. The predicted molar refractivity (Wildman–Crippen MR) is 130 cm³/mol. The van der Waals surface area contributed by atoms with E-state index in [4.69, 9.17) is 4.74 Å². The fourth-order valence-electron chi connectivity index (χ4n) is 3.75. The number of halogens is 2. The van der Waals surface area contributed by atoms with Gasteiger partial charge in [0.1, 0.15) is 35.6 Å². The van der Waals surface area contributed by atoms with Crippen LogP contribution in [0.25, 0.3) is 0 Å². The molecule has 0 fully saturated rings. The monoisotopic (exact) mass is 528 g/mol. The largest absolute Gasteiger partial charge is 0.497 e. The quantitative estimate of drug-likeness (QED) is 0.342. The minimum absolute atomic E-state index is 0.172. The van der Waals surface area contributed by atoms with E-state index in [-0.39, 0.29) is 4.90 Å². The lowest BCUT2D eigenvalue weighted by molar-refractivity contribution is 0.0343. The average molecular weight is 529 g/mol. The SMILES string of the molecule is COc1ccc(C(=O)Nc2ccc(S(=O)(=O)CC(O)(Cn3cncn3)c3ccc(F)cc3F)cc2)cc1. The number of amides is 1. The Labute approximate surface area is 211 Å². The van der Waals surface area contributed by atoms with Crippen molar-refractivity contribution in [1.29, 1.82) is 0 Å². The number of hydrogen-bond acceptors (Lipinski definition) is 7. The number of aliphatic hydroxyl groups is 1. The number of anilines is 1. The molecule has 1 atom stereocenters. The summed E-state index contributed by atoms with van der Waals surface area (Å²) in [5.41, 5.74) is -2.00. The first-order valence-electron chi connectivity index (χ1n) is 10.9. The topological polar surface area (TPSA) is 123 Å². The Morgan fingerprint density at radius 3 is 2.38 bits per heavy atom. The van der Waals surface area contributed by atoms with E-state index in [0.717, 1.165) is 16.8 Å². The number of carbonyl (C=O) groups excluding carboxylic acids is 1. The molecule has 0 bridgehead atoms. The molecule has 0 aliphatic rings. The summed E-state index contributed by atoms with van der Waals surface area (Å²) in [6.45, 7) is -0.454. The van der Waals surface area contributed by atoms with Crippen molar-refractivity contribution in [1.82, 2.24) is 14.8 Å². The molecule has 1 aromatic heterocycles. The van der Waals surface area contributed by atoms with Gasteiger partial charge >= 0.3 is 0 Å². The second-order valence-electron chi connectivity index (χ2n) is 8.21. The van der Waals surface area contributed by atoms with Crippen LogP contribution < -0.4 is 10.1 Å². The summed E-state index contributed by atoms with van der Waals surface area (Å²) in [5.74, 6) is -2.73. The second-order valence-corrected chi connectivity index (χ2v) is 10.2. The van der Waals surface area contributed by atoms with Crippen LogP contribution in [0.2, 0.25) is 0 Å². The van der Waals surface area contributed by atoms with Crippen molar-refractivity contribution in [2.24, 2.45) is 0 Å². The fourth-order valence-corrected chi connectivity index (χ4v) is 5.34. The fraction of sp³-hybridized carbons (Fsp3) is 0.160. The molecule has 1 amide bonds. The van der Waals surface area contributed by atoms with E-state index in [2.05, 4.69) is 15.4 Å². The molecule has 192 valence electrons. The van der Waals surface area contributed by atoms with Crippen molar-refractivity contribution < 1.29 is 31.8 Å². The van der Waals surface area contributed by atoms with Gasteiger partial charge in [0.2, 0.25) is 0 Å². The molecule has 37 heavy (non-hydrogen) atoms. The van der Waals surface area contributed by atoms with E-state index in [9.17, 15) is 27.1 Å². The Balaban J connectivity index is 1.56. The Morgan fingerprint density at radius 2 is 1.78 bits per heavy atom. The van der Waals surface area contributed by atoms with Gasteiger partial charge in [-0.15, -0.1) is 0 Å². The zero-order chi connectivity index (χ0) is 26.6. The minimum Gasteiger partial charge on any atom is -0.497 e. The third kappa shape index (κ3) is 5.98. The zero-order valence-corrected chi connectivity index (χ0v) is 20.3. The molecule has 3 aromatic carbocycles. The summed E-state index contributed by atoms with van der Waals surface area (Å²) in [6, 6.07) is 14.2. The number of nitrogens with zero attached hydrogens (tertiary/aromatic N) is 3. The smallest absolute Gasteiger partial charge is 0.255 e. The summed E-state index contributed by atoms with van der Waals surface area (Å²) in [5, 5.41) is 17.9. The van der Waals surface area contributed by atoms with Crippen LogP contribution in [0.4, 0.5) is 14.5 Å². The van der Waals surface area contributed by atoms with Crippen LogP contribution in [0.5, 0.6) is 5.75 Å². The highest BCUT2D eigenvalue weighted by Crippen LogP contribution is 2.31. The van der Waals surface area contributed by atoms with Gasteiger partial charge in [-0.2, -0.15) is 5.10 Å². The molecule has 0 saturated carbocycles. The molecule has 0 aliphatic heterocycles. The Morgan fingerprint density at radius 1 is 1.08 bits per heavy atom. The molecule has 0 spiro atoms. The van der Waals surface area contributed by atoms with Gasteiger partial charge in [-0.3, -0.25) is 4.79 Å². The molecule has 1 heterocycles. The molecular formula is C25H22F2N4O5S. The van der Waals surface area contributed by atoms with Crippen LogP contribution in [0.3, 0.4) is 0 Å². The first-order valence-corrected chi connectivity index (χ1v) is 12.5. The van der Waals surface area contributed by atoms with E-state index in [0.29, 0.717) is 23.1 Å². The third-order valence-corrected chi connectivity index (χ3v) is 7.42. The van der Waals surface area contributed by atoms with Gasteiger partial charge in [0.05, 0.1) is 24.3 Å². The maximum Gasteiger partial charge on any atom is 0.255 e. The number of benzene rings is 3. The summed E-state index contributed by atoms with van der Waals surface area (Å²) in [4.78, 5) is 16.0. The molecule has 0 radical (unpaired) electrons. The lowest BCUT2D eigenvalue weighted by Gasteiger charge is -2.28. The highest BCUT2D eigenvalue weighted by Gasteiger charge is 2.39. The number of hydrogen-bond donors (Lipinski definition) is 2. The molecular weight excluding hydrogens is 506 g/mol. The van der Waals surface area contributed by atoms with Gasteiger partial charge in [-0.25, -0.2) is 26.9 Å². The van der Waals surface area contributed by atoms with Gasteiger partial charge in [-0.1, -0.05) is 6.07 Å². The van der Waals surface area contributed by atoms with Crippen molar-refractivity contribution in [3.05, 3.63) is 102 Å². The van der Waals surface area contributed by atoms with Crippen molar-refractivity contribution >= 4 is 21.4 Å².